The standard InChI is InChI=1S/C22H38N2O5/c1-9-18(27-7)20(25)15(3)13-16(4)21(29-22(23)26)19(28-8)12-10-11-14(2)17(5)24-6/h10-13,15,18-21,25H,9H2,1-8H3,(H2,23,26)/b12-10?,14-11+,16-13?,24-17?. The smallest absolute Gasteiger partial charge is 0.405 e. The molecule has 0 fully saturated rings. The minimum absolute atomic E-state index is 0.217. The molecule has 0 radical (unpaired) electrons. The van der Waals surface area contributed by atoms with E-state index >= 15 is 0 Å². The maximum Gasteiger partial charge on any atom is 0.405 e. The molecule has 0 aromatic rings. The Morgan fingerprint density at radius 3 is 2.28 bits per heavy atom. The molecule has 3 N–H and O–H groups in total. The topological polar surface area (TPSA) is 103 Å². The van der Waals surface area contributed by atoms with Gasteiger partial charge in [0.2, 0.25) is 0 Å². The van der Waals surface area contributed by atoms with Crippen LogP contribution in [0.3, 0.4) is 0 Å². The fourth-order valence-corrected chi connectivity index (χ4v) is 2.95. The average molecular weight is 411 g/mol. The Balaban J connectivity index is 5.65. The van der Waals surface area contributed by atoms with Gasteiger partial charge in [-0.1, -0.05) is 38.2 Å². The maximum absolute atomic E-state index is 11.5. The molecule has 0 aliphatic heterocycles. The van der Waals surface area contributed by atoms with Gasteiger partial charge in [-0.2, -0.15) is 0 Å². The molecule has 1 amide bonds. The summed E-state index contributed by atoms with van der Waals surface area (Å²) < 4.78 is 16.2. The van der Waals surface area contributed by atoms with Gasteiger partial charge in [-0.05, 0) is 38.3 Å². The van der Waals surface area contributed by atoms with Crippen molar-refractivity contribution in [2.24, 2.45) is 16.6 Å². The third-order valence-electron chi connectivity index (χ3n) is 4.97. The highest BCUT2D eigenvalue weighted by Gasteiger charge is 2.27. The molecule has 0 aliphatic rings. The van der Waals surface area contributed by atoms with E-state index in [4.69, 9.17) is 19.9 Å². The number of allylic oxidation sites excluding steroid dienone is 3. The van der Waals surface area contributed by atoms with Crippen LogP contribution in [0.2, 0.25) is 0 Å². The second-order valence-corrected chi connectivity index (χ2v) is 7.04. The third-order valence-corrected chi connectivity index (χ3v) is 4.97. The van der Waals surface area contributed by atoms with Gasteiger partial charge in [-0.25, -0.2) is 4.79 Å². The van der Waals surface area contributed by atoms with E-state index in [1.54, 1.807) is 20.2 Å². The zero-order valence-corrected chi connectivity index (χ0v) is 19.0. The fraction of sp³-hybridized carbons (Fsp3) is 0.636. The van der Waals surface area contributed by atoms with Crippen molar-refractivity contribution in [2.75, 3.05) is 21.3 Å². The summed E-state index contributed by atoms with van der Waals surface area (Å²) in [4.78, 5) is 15.6. The molecule has 0 saturated heterocycles. The quantitative estimate of drug-likeness (QED) is 0.291. The first-order chi connectivity index (χ1) is 13.6. The van der Waals surface area contributed by atoms with Crippen molar-refractivity contribution in [1.82, 2.24) is 0 Å². The van der Waals surface area contributed by atoms with Crippen LogP contribution in [0.5, 0.6) is 0 Å². The number of aliphatic imine (C=N–C) groups is 1. The fourth-order valence-electron chi connectivity index (χ4n) is 2.95. The van der Waals surface area contributed by atoms with Crippen LogP contribution in [-0.4, -0.2) is 62.6 Å². The lowest BCUT2D eigenvalue weighted by Gasteiger charge is -2.27. The molecule has 0 aliphatic carbocycles. The number of hydrogen-bond donors (Lipinski definition) is 2. The number of nitrogens with two attached hydrogens (primary N) is 1. The van der Waals surface area contributed by atoms with Crippen molar-refractivity contribution in [3.8, 4) is 0 Å². The van der Waals surface area contributed by atoms with Crippen LogP contribution in [0.15, 0.2) is 40.4 Å². The number of carbonyl (C=O) groups excluding carboxylic acids is 1. The number of rotatable bonds is 12. The van der Waals surface area contributed by atoms with Crippen molar-refractivity contribution in [3.63, 3.8) is 0 Å². The Kier molecular flexibility index (Phi) is 13.1. The molecule has 0 aromatic heterocycles. The van der Waals surface area contributed by atoms with E-state index in [9.17, 15) is 9.90 Å². The first-order valence-corrected chi connectivity index (χ1v) is 9.79. The van der Waals surface area contributed by atoms with Crippen LogP contribution in [0.1, 0.15) is 41.0 Å². The first-order valence-electron chi connectivity index (χ1n) is 9.79. The number of carbonyl (C=O) groups is 1. The lowest BCUT2D eigenvalue weighted by molar-refractivity contribution is -0.0307. The highest BCUT2D eigenvalue weighted by atomic mass is 16.6. The molecule has 0 aromatic carbocycles. The molecule has 0 rings (SSSR count). The van der Waals surface area contributed by atoms with E-state index in [0.29, 0.717) is 6.42 Å². The van der Waals surface area contributed by atoms with E-state index < -0.39 is 24.4 Å². The molecule has 0 spiro atoms. The summed E-state index contributed by atoms with van der Waals surface area (Å²) in [5, 5.41) is 10.5. The molecule has 0 saturated carbocycles. The Morgan fingerprint density at radius 2 is 1.83 bits per heavy atom. The van der Waals surface area contributed by atoms with Gasteiger partial charge >= 0.3 is 6.09 Å². The Hall–Kier alpha value is -1.96. The molecule has 5 atom stereocenters. The van der Waals surface area contributed by atoms with Gasteiger partial charge in [-0.3, -0.25) is 4.99 Å². The number of primary amides is 1. The summed E-state index contributed by atoms with van der Waals surface area (Å²) in [5.74, 6) is -0.217. The largest absolute Gasteiger partial charge is 0.439 e. The highest BCUT2D eigenvalue weighted by molar-refractivity contribution is 5.97. The molecular formula is C22H38N2O5. The van der Waals surface area contributed by atoms with Crippen molar-refractivity contribution < 1.29 is 24.1 Å². The zero-order chi connectivity index (χ0) is 22.6. The molecule has 0 bridgehead atoms. The SMILES string of the molecule is CCC(OC)C(O)C(C)C=C(C)C(OC(N)=O)C(C=C/C=C(\C)C(C)=NC)OC. The van der Waals surface area contributed by atoms with Gasteiger partial charge in [-0.15, -0.1) is 0 Å². The van der Waals surface area contributed by atoms with Gasteiger partial charge in [0.1, 0.15) is 6.10 Å². The van der Waals surface area contributed by atoms with Crippen LogP contribution >= 0.6 is 0 Å². The van der Waals surface area contributed by atoms with Crippen LogP contribution in [0.25, 0.3) is 0 Å². The van der Waals surface area contributed by atoms with Crippen molar-refractivity contribution >= 4 is 11.8 Å². The van der Waals surface area contributed by atoms with E-state index in [2.05, 4.69) is 4.99 Å². The normalized spacial score (nSPS) is 19.0. The molecule has 7 nitrogen and oxygen atoms in total. The summed E-state index contributed by atoms with van der Waals surface area (Å²) >= 11 is 0. The van der Waals surface area contributed by atoms with Gasteiger partial charge in [0.05, 0.1) is 12.2 Å². The highest BCUT2D eigenvalue weighted by Crippen LogP contribution is 2.21. The van der Waals surface area contributed by atoms with Crippen LogP contribution in [-0.2, 0) is 14.2 Å². The maximum atomic E-state index is 11.5. The predicted molar refractivity (Wildman–Crippen MR) is 117 cm³/mol. The Bertz CT molecular complexity index is 621. The summed E-state index contributed by atoms with van der Waals surface area (Å²) in [6, 6.07) is 0. The van der Waals surface area contributed by atoms with E-state index in [-0.39, 0.29) is 12.0 Å². The second-order valence-electron chi connectivity index (χ2n) is 7.04. The molecule has 166 valence electrons. The number of ether oxygens (including phenoxy) is 3. The molecular weight excluding hydrogens is 372 g/mol. The summed E-state index contributed by atoms with van der Waals surface area (Å²) in [7, 11) is 4.85. The van der Waals surface area contributed by atoms with Crippen LogP contribution < -0.4 is 5.73 Å². The number of hydrogen-bond acceptors (Lipinski definition) is 6. The third kappa shape index (κ3) is 9.39. The molecule has 5 unspecified atom stereocenters. The predicted octanol–water partition coefficient (Wildman–Crippen LogP) is 3.43. The van der Waals surface area contributed by atoms with Crippen molar-refractivity contribution in [1.29, 1.82) is 0 Å². The summed E-state index contributed by atoms with van der Waals surface area (Å²) in [6.07, 6.45) is 4.95. The Labute approximate surface area is 175 Å². The van der Waals surface area contributed by atoms with E-state index in [1.165, 1.54) is 7.11 Å². The van der Waals surface area contributed by atoms with E-state index in [0.717, 1.165) is 16.9 Å². The number of aliphatic hydroxyl groups excluding tert-OH is 1. The van der Waals surface area contributed by atoms with Crippen molar-refractivity contribution in [3.05, 3.63) is 35.5 Å². The minimum Gasteiger partial charge on any atom is -0.439 e. The zero-order valence-electron chi connectivity index (χ0n) is 19.0. The van der Waals surface area contributed by atoms with Gasteiger partial charge in [0.15, 0.2) is 6.10 Å². The summed E-state index contributed by atoms with van der Waals surface area (Å²) in [5.41, 5.74) is 7.94. The number of amides is 1. The van der Waals surface area contributed by atoms with Gasteiger partial charge < -0.3 is 25.1 Å². The number of nitrogens with zero attached hydrogens (tertiary/aromatic N) is 1. The number of methoxy groups -OCH3 is 2. The van der Waals surface area contributed by atoms with Gasteiger partial charge in [0, 0.05) is 32.9 Å². The molecule has 0 heterocycles. The minimum atomic E-state index is -0.893. The molecule has 29 heavy (non-hydrogen) atoms. The lowest BCUT2D eigenvalue weighted by atomic mass is 9.93. The van der Waals surface area contributed by atoms with Crippen LogP contribution in [0.4, 0.5) is 4.79 Å². The second kappa shape index (κ2) is 14.1. The monoisotopic (exact) mass is 410 g/mol. The number of aliphatic hydroxyl groups is 1. The summed E-state index contributed by atoms with van der Waals surface area (Å²) in [6.45, 7) is 9.54. The van der Waals surface area contributed by atoms with Gasteiger partial charge in [0.25, 0.3) is 0 Å². The Morgan fingerprint density at radius 1 is 1.21 bits per heavy atom. The lowest BCUT2D eigenvalue weighted by Crippen LogP contribution is -2.36. The van der Waals surface area contributed by atoms with Crippen LogP contribution in [0, 0.1) is 5.92 Å². The van der Waals surface area contributed by atoms with E-state index in [1.807, 2.05) is 52.8 Å². The average Bonchev–Trinajstić information content (AvgIpc) is 2.69. The first kappa shape index (κ1) is 27.0. The molecule has 7 heteroatoms. The van der Waals surface area contributed by atoms with Crippen molar-refractivity contribution in [2.45, 2.75) is 65.5 Å².